The summed E-state index contributed by atoms with van der Waals surface area (Å²) < 4.78 is 196. The van der Waals surface area contributed by atoms with Gasteiger partial charge in [0.15, 0.2) is 0 Å². The molecular formula is C20H25N. The molecule has 0 aliphatic rings. The summed E-state index contributed by atoms with van der Waals surface area (Å²) in [5.74, 6) is 0. The van der Waals surface area contributed by atoms with Crippen LogP contribution in [-0.4, -0.2) is 4.98 Å². The maximum absolute atomic E-state index is 8.89. The first kappa shape index (κ1) is 3.13. The lowest BCUT2D eigenvalue weighted by Gasteiger charge is -2.19. The molecule has 0 aliphatic heterocycles. The number of nitrogens with one attached hydrogen (secondary N) is 1. The van der Waals surface area contributed by atoms with E-state index < -0.39 is 121 Å². The average molecular weight is 304 g/mol. The van der Waals surface area contributed by atoms with Crippen molar-refractivity contribution in [3.8, 4) is 0 Å². The van der Waals surface area contributed by atoms with Gasteiger partial charge < -0.3 is 4.98 Å². The lowest BCUT2D eigenvalue weighted by Crippen LogP contribution is -2.10. The highest BCUT2D eigenvalue weighted by Crippen LogP contribution is 2.33. The number of aromatic nitrogens is 1. The molecule has 1 nitrogen and oxygen atoms in total. The van der Waals surface area contributed by atoms with E-state index in [0.717, 1.165) is 0 Å². The highest BCUT2D eigenvalue weighted by Gasteiger charge is 2.17. The molecule has 0 fully saturated rings. The fourth-order valence-corrected chi connectivity index (χ4v) is 1.88. The molecule has 0 saturated heterocycles. The SMILES string of the molecule is [2H]c1c(C(C([2H])([2H])[2H])(C([2H])([2H])[2H])C([2H])([2H])[2H])c([2H])c2c([nH]c3c([2H])c([2H])c(C(C([2H])([2H])[2H])(C([2H])([2H])[2H])C([2H])([2H])[2H])c([2H])c32)c1[2H]. The Kier molecular flexibility index (Phi) is 0.650. The number of fused-ring (bicyclic) bond motifs is 3. The summed E-state index contributed by atoms with van der Waals surface area (Å²) in [5, 5.41) is -1.78. The molecule has 1 heteroatoms. The Balaban J connectivity index is 2.90. The van der Waals surface area contributed by atoms with E-state index in [9.17, 15) is 0 Å². The number of H-pyrrole nitrogens is 1. The molecule has 0 bridgehead atoms. The van der Waals surface area contributed by atoms with E-state index in [1.807, 2.05) is 0 Å². The van der Waals surface area contributed by atoms with Crippen molar-refractivity contribution in [3.63, 3.8) is 0 Å². The monoisotopic (exact) mass is 303 g/mol. The molecule has 0 saturated carbocycles. The van der Waals surface area contributed by atoms with E-state index in [-0.39, 0.29) is 0 Å². The van der Waals surface area contributed by atoms with Gasteiger partial charge in [-0.15, -0.1) is 0 Å². The molecule has 2 aromatic carbocycles. The minimum Gasteiger partial charge on any atom is -0.355 e. The van der Waals surface area contributed by atoms with Gasteiger partial charge in [-0.25, -0.2) is 0 Å². The third kappa shape index (κ3) is 2.46. The molecular weight excluding hydrogens is 254 g/mol. The van der Waals surface area contributed by atoms with Crippen molar-refractivity contribution in [1.82, 2.24) is 4.98 Å². The van der Waals surface area contributed by atoms with Gasteiger partial charge in [0, 0.05) is 46.5 Å². The minimum absolute atomic E-state index is 0.680. The number of rotatable bonds is 0. The van der Waals surface area contributed by atoms with Crippen LogP contribution in [-0.2, 0) is 10.8 Å². The summed E-state index contributed by atoms with van der Waals surface area (Å²) in [6.45, 7) is -24.1. The second-order valence-electron chi connectivity index (χ2n) is 4.62. The van der Waals surface area contributed by atoms with Crippen molar-refractivity contribution in [2.45, 2.75) is 51.9 Å². The fourth-order valence-electron chi connectivity index (χ4n) is 1.88. The van der Waals surface area contributed by atoms with Crippen molar-refractivity contribution >= 4 is 21.8 Å². The lowest BCUT2D eigenvalue weighted by molar-refractivity contribution is 0.590. The predicted molar refractivity (Wildman–Crippen MR) is 93.2 cm³/mol. The molecule has 0 radical (unpaired) electrons. The zero-order valence-corrected chi connectivity index (χ0v) is 10.5. The van der Waals surface area contributed by atoms with Crippen LogP contribution in [0.3, 0.4) is 0 Å². The van der Waals surface area contributed by atoms with Gasteiger partial charge in [0.1, 0.15) is 0 Å². The molecule has 0 amide bonds. The maximum atomic E-state index is 8.89. The normalized spacial score (nSPS) is 33.5. The quantitative estimate of drug-likeness (QED) is 0.531. The van der Waals surface area contributed by atoms with Gasteiger partial charge in [-0.05, 0) is 46.1 Å². The molecule has 0 aliphatic carbocycles. The third-order valence-corrected chi connectivity index (χ3v) is 2.88. The van der Waals surface area contributed by atoms with Crippen molar-refractivity contribution in [2.75, 3.05) is 0 Å². The van der Waals surface area contributed by atoms with E-state index >= 15 is 0 Å². The Morgan fingerprint density at radius 2 is 1.19 bits per heavy atom. The topological polar surface area (TPSA) is 15.8 Å². The molecule has 21 heavy (non-hydrogen) atoms. The number of aromatic amines is 1. The summed E-state index contributed by atoms with van der Waals surface area (Å²) in [6.07, 6.45) is 0. The van der Waals surface area contributed by atoms with Crippen molar-refractivity contribution in [1.29, 1.82) is 0 Å². The van der Waals surface area contributed by atoms with Crippen LogP contribution in [0.15, 0.2) is 36.3 Å². The van der Waals surface area contributed by atoms with E-state index in [4.69, 9.17) is 32.9 Å². The smallest absolute Gasteiger partial charge is 0.0645 e. The zero-order chi connectivity index (χ0) is 35.6. The van der Waals surface area contributed by atoms with Crippen LogP contribution in [0.25, 0.3) is 21.8 Å². The van der Waals surface area contributed by atoms with E-state index in [1.54, 1.807) is 0 Å². The Labute approximate surface area is 161 Å². The molecule has 1 aromatic heterocycles. The molecule has 1 N–H and O–H groups in total. The summed E-state index contributed by atoms with van der Waals surface area (Å²) in [7, 11) is 0. The largest absolute Gasteiger partial charge is 0.355 e. The fraction of sp³-hybridized carbons (Fsp3) is 0.400. The maximum Gasteiger partial charge on any atom is 0.0645 e. The van der Waals surface area contributed by atoms with Gasteiger partial charge in [0.05, 0.1) is 8.22 Å². The first-order chi connectivity index (χ1) is 19.7. The average Bonchev–Trinajstić information content (AvgIpc) is 3.17. The van der Waals surface area contributed by atoms with Crippen LogP contribution >= 0.6 is 0 Å². The van der Waals surface area contributed by atoms with Crippen LogP contribution in [0.1, 0.15) is 85.1 Å². The number of hydrogen-bond donors (Lipinski definition) is 1. The summed E-state index contributed by atoms with van der Waals surface area (Å²) in [4.78, 5) is 2.37. The molecule has 110 valence electrons. The molecule has 0 spiro atoms. The standard InChI is InChI=1S/C20H25N/c1-19(2,3)13-7-9-17-15(11-13)16-12-14(20(4,5)6)8-10-18(16)21-17/h7-12,21H,1-6H3/i1D3,2D3,3D3,4D3,5D3,6D3,7D,8D,9D,10D,11D,12D. The third-order valence-electron chi connectivity index (χ3n) is 2.88. The number of hydrogen-bond acceptors (Lipinski definition) is 0. The highest BCUT2D eigenvalue weighted by molar-refractivity contribution is 6.07. The van der Waals surface area contributed by atoms with Gasteiger partial charge in [0.25, 0.3) is 0 Å². The zero-order valence-electron chi connectivity index (χ0n) is 34.5. The van der Waals surface area contributed by atoms with Crippen LogP contribution in [0.5, 0.6) is 0 Å². The van der Waals surface area contributed by atoms with Gasteiger partial charge in [-0.2, -0.15) is 0 Å². The lowest BCUT2D eigenvalue weighted by atomic mass is 9.85. The van der Waals surface area contributed by atoms with E-state index in [2.05, 4.69) is 4.98 Å². The van der Waals surface area contributed by atoms with Gasteiger partial charge in [-0.1, -0.05) is 53.2 Å². The van der Waals surface area contributed by atoms with Gasteiger partial charge in [-0.3, -0.25) is 0 Å². The molecule has 1 heterocycles. The van der Waals surface area contributed by atoms with Gasteiger partial charge >= 0.3 is 0 Å². The Morgan fingerprint density at radius 1 is 0.762 bits per heavy atom. The Hall–Kier alpha value is -1.76. The Morgan fingerprint density at radius 3 is 1.57 bits per heavy atom. The van der Waals surface area contributed by atoms with Crippen LogP contribution in [0.2, 0.25) is 0 Å². The van der Waals surface area contributed by atoms with E-state index in [1.165, 1.54) is 0 Å². The predicted octanol–water partition coefficient (Wildman–Crippen LogP) is 5.92. The summed E-state index contributed by atoms with van der Waals surface area (Å²) in [6, 6.07) is -7.63. The van der Waals surface area contributed by atoms with Crippen molar-refractivity contribution in [3.05, 3.63) is 47.4 Å². The number of benzene rings is 2. The first-order valence-corrected chi connectivity index (χ1v) is 5.75. The summed E-state index contributed by atoms with van der Waals surface area (Å²) >= 11 is 0. The summed E-state index contributed by atoms with van der Waals surface area (Å²) in [5.41, 5.74) is -12.4. The molecule has 3 rings (SSSR count). The van der Waals surface area contributed by atoms with Crippen LogP contribution in [0, 0.1) is 0 Å². The minimum atomic E-state index is -4.01. The molecule has 3 aromatic rings. The molecule has 0 atom stereocenters. The highest BCUT2D eigenvalue weighted by atomic mass is 14.7. The second-order valence-corrected chi connectivity index (χ2v) is 4.62. The Bertz CT molecular complexity index is 1470. The van der Waals surface area contributed by atoms with Crippen LogP contribution in [0.4, 0.5) is 0 Å². The second kappa shape index (κ2) is 4.37. The van der Waals surface area contributed by atoms with Gasteiger partial charge in [0.2, 0.25) is 0 Å². The van der Waals surface area contributed by atoms with Crippen molar-refractivity contribution < 1.29 is 32.9 Å². The van der Waals surface area contributed by atoms with Crippen molar-refractivity contribution in [2.24, 2.45) is 0 Å². The van der Waals surface area contributed by atoms with E-state index in [0.29, 0.717) is 0 Å². The first-order valence-electron chi connectivity index (χ1n) is 17.8. The van der Waals surface area contributed by atoms with Crippen LogP contribution < -0.4 is 0 Å². The molecule has 0 unspecified atom stereocenters.